The molecule has 0 radical (unpaired) electrons. The van der Waals surface area contributed by atoms with Crippen LogP contribution < -0.4 is 11.1 Å². The summed E-state index contributed by atoms with van der Waals surface area (Å²) in [7, 11) is 0. The Labute approximate surface area is 127 Å². The topological polar surface area (TPSA) is 55.1 Å². The smallest absolute Gasteiger partial charge is 0.241 e. The van der Waals surface area contributed by atoms with Crippen LogP contribution in [0.2, 0.25) is 0 Å². The summed E-state index contributed by atoms with van der Waals surface area (Å²) in [5.74, 6) is -0.171. The van der Waals surface area contributed by atoms with E-state index in [1.807, 2.05) is 55.5 Å². The zero-order valence-corrected chi connectivity index (χ0v) is 12.9. The molecule has 2 aromatic rings. The highest BCUT2D eigenvalue weighted by Gasteiger charge is 2.15. The van der Waals surface area contributed by atoms with Crippen molar-refractivity contribution in [2.24, 2.45) is 5.73 Å². The van der Waals surface area contributed by atoms with Crippen LogP contribution in [0.1, 0.15) is 11.1 Å². The second-order valence-electron chi connectivity index (χ2n) is 4.70. The third-order valence-corrected chi connectivity index (χ3v) is 4.02. The minimum absolute atomic E-state index is 0.171. The predicted molar refractivity (Wildman–Crippen MR) is 85.6 cm³/mol. The molecule has 1 atom stereocenters. The van der Waals surface area contributed by atoms with Crippen LogP contribution in [0, 0.1) is 6.92 Å². The highest BCUT2D eigenvalue weighted by Crippen LogP contribution is 2.23. The first-order valence-electron chi connectivity index (χ1n) is 6.43. The molecule has 0 bridgehead atoms. The third kappa shape index (κ3) is 3.68. The molecule has 2 rings (SSSR count). The van der Waals surface area contributed by atoms with Crippen LogP contribution in [0.25, 0.3) is 0 Å². The molecule has 1 amide bonds. The number of benzene rings is 2. The molecule has 0 saturated carbocycles. The molecular formula is C16H17BrN2O. The van der Waals surface area contributed by atoms with Gasteiger partial charge in [0, 0.05) is 10.2 Å². The average molecular weight is 333 g/mol. The fourth-order valence-corrected chi connectivity index (χ4v) is 2.30. The van der Waals surface area contributed by atoms with Gasteiger partial charge in [-0.25, -0.2) is 0 Å². The highest BCUT2D eigenvalue weighted by molar-refractivity contribution is 9.10. The van der Waals surface area contributed by atoms with Crippen LogP contribution in [-0.2, 0) is 11.2 Å². The number of anilines is 1. The number of halogens is 1. The van der Waals surface area contributed by atoms with Gasteiger partial charge in [0.2, 0.25) is 5.91 Å². The summed E-state index contributed by atoms with van der Waals surface area (Å²) in [6.07, 6.45) is 0.528. The van der Waals surface area contributed by atoms with Gasteiger partial charge >= 0.3 is 0 Å². The van der Waals surface area contributed by atoms with Crippen LogP contribution in [-0.4, -0.2) is 11.9 Å². The zero-order valence-electron chi connectivity index (χ0n) is 11.3. The highest BCUT2D eigenvalue weighted by atomic mass is 79.9. The van der Waals surface area contributed by atoms with Gasteiger partial charge in [0.15, 0.2) is 0 Å². The Morgan fingerprint density at radius 1 is 1.20 bits per heavy atom. The van der Waals surface area contributed by atoms with Gasteiger partial charge in [-0.3, -0.25) is 4.79 Å². The Bertz CT molecular complexity index is 599. The molecule has 4 heteroatoms. The summed E-state index contributed by atoms with van der Waals surface area (Å²) in [5.41, 5.74) is 8.80. The number of carbonyl (C=O) groups excluding carboxylic acids is 1. The van der Waals surface area contributed by atoms with Crippen molar-refractivity contribution in [3.05, 3.63) is 64.1 Å². The van der Waals surface area contributed by atoms with Gasteiger partial charge in [-0.1, -0.05) is 52.3 Å². The maximum atomic E-state index is 12.1. The Hall–Kier alpha value is -1.65. The number of nitrogens with two attached hydrogens (primary N) is 1. The van der Waals surface area contributed by atoms with Crippen molar-refractivity contribution < 1.29 is 4.79 Å². The van der Waals surface area contributed by atoms with E-state index in [0.29, 0.717) is 6.42 Å². The van der Waals surface area contributed by atoms with E-state index < -0.39 is 6.04 Å². The monoisotopic (exact) mass is 332 g/mol. The van der Waals surface area contributed by atoms with Gasteiger partial charge < -0.3 is 11.1 Å². The second kappa shape index (κ2) is 6.68. The first-order chi connectivity index (χ1) is 9.58. The van der Waals surface area contributed by atoms with Crippen LogP contribution in [0.4, 0.5) is 5.69 Å². The lowest BCUT2D eigenvalue weighted by Gasteiger charge is -2.14. The molecule has 0 fully saturated rings. The predicted octanol–water partition coefficient (Wildman–Crippen LogP) is 3.27. The molecule has 0 aromatic heterocycles. The van der Waals surface area contributed by atoms with Gasteiger partial charge in [-0.2, -0.15) is 0 Å². The largest absolute Gasteiger partial charge is 0.324 e. The van der Waals surface area contributed by atoms with Crippen LogP contribution in [0.3, 0.4) is 0 Å². The van der Waals surface area contributed by atoms with Crippen molar-refractivity contribution in [3.8, 4) is 0 Å². The van der Waals surface area contributed by atoms with Gasteiger partial charge in [0.25, 0.3) is 0 Å². The molecule has 0 spiro atoms. The lowest BCUT2D eigenvalue weighted by molar-refractivity contribution is -0.117. The third-order valence-electron chi connectivity index (χ3n) is 3.16. The second-order valence-corrected chi connectivity index (χ2v) is 5.55. The average Bonchev–Trinajstić information content (AvgIpc) is 2.45. The number of nitrogens with one attached hydrogen (secondary N) is 1. The molecule has 0 aliphatic rings. The van der Waals surface area contributed by atoms with E-state index in [0.717, 1.165) is 21.3 Å². The summed E-state index contributed by atoms with van der Waals surface area (Å²) in [5, 5.41) is 2.88. The van der Waals surface area contributed by atoms with E-state index in [4.69, 9.17) is 5.73 Å². The lowest BCUT2D eigenvalue weighted by atomic mass is 10.1. The molecule has 104 valence electrons. The van der Waals surface area contributed by atoms with Crippen molar-refractivity contribution in [3.63, 3.8) is 0 Å². The van der Waals surface area contributed by atoms with Crippen molar-refractivity contribution in [1.82, 2.24) is 0 Å². The van der Waals surface area contributed by atoms with E-state index in [9.17, 15) is 4.79 Å². The fraction of sp³-hybridized carbons (Fsp3) is 0.188. The summed E-state index contributed by atoms with van der Waals surface area (Å²) in [6.45, 7) is 1.95. The van der Waals surface area contributed by atoms with Crippen molar-refractivity contribution in [2.75, 3.05) is 5.32 Å². The number of hydrogen-bond acceptors (Lipinski definition) is 2. The van der Waals surface area contributed by atoms with Gasteiger partial charge in [-0.05, 0) is 36.6 Å². The molecule has 0 aliphatic heterocycles. The quantitative estimate of drug-likeness (QED) is 0.902. The van der Waals surface area contributed by atoms with E-state index in [1.54, 1.807) is 0 Å². The molecule has 20 heavy (non-hydrogen) atoms. The summed E-state index contributed by atoms with van der Waals surface area (Å²) in [6, 6.07) is 14.9. The minimum Gasteiger partial charge on any atom is -0.324 e. The van der Waals surface area contributed by atoms with Crippen molar-refractivity contribution in [1.29, 1.82) is 0 Å². The molecule has 0 heterocycles. The molecule has 0 unspecified atom stereocenters. The molecule has 0 aliphatic carbocycles. The van der Waals surface area contributed by atoms with Crippen LogP contribution in [0.15, 0.2) is 53.0 Å². The molecule has 2 aromatic carbocycles. The SMILES string of the molecule is Cc1c(Br)cccc1NC(=O)[C@@H](N)Cc1ccccc1. The first kappa shape index (κ1) is 14.8. The maximum Gasteiger partial charge on any atom is 0.241 e. The Balaban J connectivity index is 2.03. The molecule has 3 nitrogen and oxygen atoms in total. The first-order valence-corrected chi connectivity index (χ1v) is 7.22. The Morgan fingerprint density at radius 3 is 2.60 bits per heavy atom. The Morgan fingerprint density at radius 2 is 1.90 bits per heavy atom. The lowest BCUT2D eigenvalue weighted by Crippen LogP contribution is -2.37. The number of hydrogen-bond donors (Lipinski definition) is 2. The number of amides is 1. The molecule has 3 N–H and O–H groups in total. The minimum atomic E-state index is -0.559. The fourth-order valence-electron chi connectivity index (χ4n) is 1.93. The van der Waals surface area contributed by atoms with Crippen LogP contribution in [0.5, 0.6) is 0 Å². The van der Waals surface area contributed by atoms with E-state index >= 15 is 0 Å². The van der Waals surface area contributed by atoms with Crippen molar-refractivity contribution >= 4 is 27.5 Å². The number of rotatable bonds is 4. The van der Waals surface area contributed by atoms with Crippen LogP contribution >= 0.6 is 15.9 Å². The normalized spacial score (nSPS) is 11.9. The van der Waals surface area contributed by atoms with Gasteiger partial charge in [0.1, 0.15) is 0 Å². The zero-order chi connectivity index (χ0) is 14.5. The Kier molecular flexibility index (Phi) is 4.93. The van der Waals surface area contributed by atoms with Crippen molar-refractivity contribution in [2.45, 2.75) is 19.4 Å². The molecular weight excluding hydrogens is 316 g/mol. The van der Waals surface area contributed by atoms with Gasteiger partial charge in [0.05, 0.1) is 6.04 Å². The maximum absolute atomic E-state index is 12.1. The van der Waals surface area contributed by atoms with E-state index in [-0.39, 0.29) is 5.91 Å². The summed E-state index contributed by atoms with van der Waals surface area (Å²) in [4.78, 5) is 12.1. The van der Waals surface area contributed by atoms with Gasteiger partial charge in [-0.15, -0.1) is 0 Å². The van der Waals surface area contributed by atoms with E-state index in [2.05, 4.69) is 21.2 Å². The summed E-state index contributed by atoms with van der Waals surface area (Å²) < 4.78 is 0.965. The summed E-state index contributed by atoms with van der Waals surface area (Å²) >= 11 is 3.44. The number of carbonyl (C=O) groups is 1. The standard InChI is InChI=1S/C16H17BrN2O/c1-11-13(17)8-5-9-15(11)19-16(20)14(18)10-12-6-3-2-4-7-12/h2-9,14H,10,18H2,1H3,(H,19,20)/t14-/m0/s1. The van der Waals surface area contributed by atoms with E-state index in [1.165, 1.54) is 0 Å². The molecule has 0 saturated heterocycles.